The van der Waals surface area contributed by atoms with Crippen molar-refractivity contribution in [2.24, 2.45) is 0 Å². The minimum Gasteiger partial charge on any atom is -0.450 e. The van der Waals surface area contributed by atoms with Crippen LogP contribution in [0.5, 0.6) is 0 Å². The van der Waals surface area contributed by atoms with Crippen molar-refractivity contribution in [3.05, 3.63) is 24.3 Å². The molecule has 1 aliphatic rings. The number of carbonyl (C=O) groups is 2. The number of hydrogen-bond acceptors (Lipinski definition) is 6. The molecule has 8 heteroatoms. The summed E-state index contributed by atoms with van der Waals surface area (Å²) in [5, 5.41) is 2.79. The van der Waals surface area contributed by atoms with Gasteiger partial charge in [0.15, 0.2) is 0 Å². The van der Waals surface area contributed by atoms with E-state index in [9.17, 15) is 9.59 Å². The molecule has 1 fully saturated rings. The summed E-state index contributed by atoms with van der Waals surface area (Å²) in [4.78, 5) is 34.9. The average Bonchev–Trinajstić information content (AvgIpc) is 2.54. The zero-order chi connectivity index (χ0) is 15.1. The fraction of sp³-hybridized carbons (Fsp3) is 0.538. The van der Waals surface area contributed by atoms with Crippen molar-refractivity contribution < 1.29 is 14.3 Å². The normalized spacial score (nSPS) is 15.6. The molecule has 114 valence electrons. The van der Waals surface area contributed by atoms with Gasteiger partial charge in [0.2, 0.25) is 0 Å². The first-order chi connectivity index (χ1) is 10.2. The first kappa shape index (κ1) is 15.2. The maximum atomic E-state index is 11.8. The predicted octanol–water partition coefficient (Wildman–Crippen LogP) is -0.0620. The van der Waals surface area contributed by atoms with Crippen LogP contribution in [0.1, 0.15) is 17.4 Å². The van der Waals surface area contributed by atoms with E-state index >= 15 is 0 Å². The molecule has 21 heavy (non-hydrogen) atoms. The molecule has 0 unspecified atom stereocenters. The monoisotopic (exact) mass is 293 g/mol. The van der Waals surface area contributed by atoms with Gasteiger partial charge in [0.1, 0.15) is 5.69 Å². The van der Waals surface area contributed by atoms with Gasteiger partial charge < -0.3 is 15.0 Å². The van der Waals surface area contributed by atoms with Crippen molar-refractivity contribution >= 4 is 12.0 Å². The molecule has 1 saturated heterocycles. The van der Waals surface area contributed by atoms with Crippen LogP contribution in [-0.2, 0) is 4.74 Å². The van der Waals surface area contributed by atoms with Crippen LogP contribution in [0, 0.1) is 0 Å². The van der Waals surface area contributed by atoms with Crippen molar-refractivity contribution in [1.29, 1.82) is 0 Å². The Morgan fingerprint density at radius 3 is 2.67 bits per heavy atom. The summed E-state index contributed by atoms with van der Waals surface area (Å²) >= 11 is 0. The van der Waals surface area contributed by atoms with E-state index in [-0.39, 0.29) is 12.0 Å². The van der Waals surface area contributed by atoms with Crippen LogP contribution in [0.4, 0.5) is 4.79 Å². The zero-order valence-corrected chi connectivity index (χ0v) is 12.0. The molecular weight excluding hydrogens is 274 g/mol. The average molecular weight is 293 g/mol. The summed E-state index contributed by atoms with van der Waals surface area (Å²) in [5.74, 6) is -0.254. The first-order valence-corrected chi connectivity index (χ1v) is 6.89. The van der Waals surface area contributed by atoms with E-state index in [1.165, 1.54) is 18.6 Å². The molecule has 0 spiro atoms. The van der Waals surface area contributed by atoms with Gasteiger partial charge in [0, 0.05) is 38.6 Å². The standard InChI is InChI=1S/C13H19N5O3/c1-2-21-13(20)18-7-5-17(6-8-18)10-16-12(19)11-9-14-3-4-15-11/h3-4,9H,2,5-8,10H2,1H3,(H,16,19). The minimum atomic E-state index is -0.277. The molecule has 2 rings (SSSR count). The molecule has 0 aliphatic carbocycles. The highest BCUT2D eigenvalue weighted by Crippen LogP contribution is 2.03. The topological polar surface area (TPSA) is 87.7 Å². The Morgan fingerprint density at radius 2 is 2.05 bits per heavy atom. The Kier molecular flexibility index (Phi) is 5.44. The van der Waals surface area contributed by atoms with E-state index in [0.717, 1.165) is 0 Å². The lowest BCUT2D eigenvalue weighted by Gasteiger charge is -2.33. The van der Waals surface area contributed by atoms with Crippen LogP contribution >= 0.6 is 0 Å². The van der Waals surface area contributed by atoms with Crippen LogP contribution in [0.25, 0.3) is 0 Å². The number of amides is 2. The highest BCUT2D eigenvalue weighted by atomic mass is 16.6. The Hall–Kier alpha value is -2.22. The molecule has 2 heterocycles. The molecule has 1 aromatic heterocycles. The number of nitrogens with one attached hydrogen (secondary N) is 1. The van der Waals surface area contributed by atoms with E-state index in [1.54, 1.807) is 11.8 Å². The summed E-state index contributed by atoms with van der Waals surface area (Å²) < 4.78 is 4.96. The summed E-state index contributed by atoms with van der Waals surface area (Å²) in [6.45, 7) is 5.17. The van der Waals surface area contributed by atoms with Crippen LogP contribution in [0.2, 0.25) is 0 Å². The van der Waals surface area contributed by atoms with Gasteiger partial charge in [-0.15, -0.1) is 0 Å². The van der Waals surface area contributed by atoms with E-state index in [1.807, 2.05) is 0 Å². The predicted molar refractivity (Wildman–Crippen MR) is 74.5 cm³/mol. The fourth-order valence-corrected chi connectivity index (χ4v) is 1.99. The minimum absolute atomic E-state index is 0.254. The first-order valence-electron chi connectivity index (χ1n) is 6.89. The molecule has 0 atom stereocenters. The molecule has 2 amide bonds. The van der Waals surface area contributed by atoms with Crippen LogP contribution < -0.4 is 5.32 Å². The van der Waals surface area contributed by atoms with Gasteiger partial charge in [-0.3, -0.25) is 14.7 Å². The maximum absolute atomic E-state index is 11.8. The van der Waals surface area contributed by atoms with Crippen molar-refractivity contribution in [3.8, 4) is 0 Å². The quantitative estimate of drug-likeness (QED) is 0.836. The molecular formula is C13H19N5O3. The third-order valence-corrected chi connectivity index (χ3v) is 3.16. The molecule has 0 aromatic carbocycles. The lowest BCUT2D eigenvalue weighted by atomic mass is 10.3. The lowest BCUT2D eigenvalue weighted by Crippen LogP contribution is -2.51. The summed E-state index contributed by atoms with van der Waals surface area (Å²) in [6, 6.07) is 0. The Labute approximate surface area is 123 Å². The molecule has 1 aromatic rings. The Balaban J connectivity index is 1.72. The third-order valence-electron chi connectivity index (χ3n) is 3.16. The number of carbonyl (C=O) groups excluding carboxylic acids is 2. The largest absolute Gasteiger partial charge is 0.450 e. The summed E-state index contributed by atoms with van der Waals surface area (Å²) in [6.07, 6.45) is 4.15. The van der Waals surface area contributed by atoms with Crippen molar-refractivity contribution in [3.63, 3.8) is 0 Å². The molecule has 0 radical (unpaired) electrons. The van der Waals surface area contributed by atoms with Gasteiger partial charge in [-0.05, 0) is 6.92 Å². The van der Waals surface area contributed by atoms with Gasteiger partial charge in [-0.2, -0.15) is 0 Å². The number of piperazine rings is 1. The van der Waals surface area contributed by atoms with Gasteiger partial charge in [-0.25, -0.2) is 9.78 Å². The molecule has 0 bridgehead atoms. The second-order valence-corrected chi connectivity index (χ2v) is 4.56. The van der Waals surface area contributed by atoms with Crippen molar-refractivity contribution in [1.82, 2.24) is 25.1 Å². The third kappa shape index (κ3) is 4.38. The smallest absolute Gasteiger partial charge is 0.409 e. The van der Waals surface area contributed by atoms with Gasteiger partial charge in [0.05, 0.1) is 19.5 Å². The number of hydrogen-bond donors (Lipinski definition) is 1. The molecule has 0 saturated carbocycles. The highest BCUT2D eigenvalue weighted by molar-refractivity contribution is 5.91. The summed E-state index contributed by atoms with van der Waals surface area (Å²) in [7, 11) is 0. The lowest BCUT2D eigenvalue weighted by molar-refractivity contribution is 0.0727. The number of nitrogens with zero attached hydrogens (tertiary/aromatic N) is 4. The van der Waals surface area contributed by atoms with E-state index in [2.05, 4.69) is 20.2 Å². The van der Waals surface area contributed by atoms with Gasteiger partial charge in [-0.1, -0.05) is 0 Å². The SMILES string of the molecule is CCOC(=O)N1CCN(CNC(=O)c2cnccn2)CC1. The van der Waals surface area contributed by atoms with E-state index in [0.29, 0.717) is 45.1 Å². The van der Waals surface area contributed by atoms with Crippen molar-refractivity contribution in [2.45, 2.75) is 6.92 Å². The Bertz CT molecular complexity index is 474. The number of ether oxygens (including phenoxy) is 1. The van der Waals surface area contributed by atoms with Crippen LogP contribution in [-0.4, -0.2) is 71.2 Å². The van der Waals surface area contributed by atoms with E-state index in [4.69, 9.17) is 4.74 Å². The molecule has 1 N–H and O–H groups in total. The fourth-order valence-electron chi connectivity index (χ4n) is 1.99. The second-order valence-electron chi connectivity index (χ2n) is 4.56. The zero-order valence-electron chi connectivity index (χ0n) is 12.0. The Morgan fingerprint density at radius 1 is 1.29 bits per heavy atom. The van der Waals surface area contributed by atoms with Crippen LogP contribution in [0.15, 0.2) is 18.6 Å². The highest BCUT2D eigenvalue weighted by Gasteiger charge is 2.22. The maximum Gasteiger partial charge on any atom is 0.409 e. The van der Waals surface area contributed by atoms with Crippen LogP contribution in [0.3, 0.4) is 0 Å². The molecule has 1 aliphatic heterocycles. The number of rotatable bonds is 4. The summed E-state index contributed by atoms with van der Waals surface area (Å²) in [5.41, 5.74) is 0.294. The number of aromatic nitrogens is 2. The van der Waals surface area contributed by atoms with Gasteiger partial charge in [0.25, 0.3) is 5.91 Å². The molecule has 8 nitrogen and oxygen atoms in total. The second kappa shape index (κ2) is 7.53. The van der Waals surface area contributed by atoms with Crippen molar-refractivity contribution in [2.75, 3.05) is 39.5 Å². The van der Waals surface area contributed by atoms with Gasteiger partial charge >= 0.3 is 6.09 Å². The van der Waals surface area contributed by atoms with E-state index < -0.39 is 0 Å².